The van der Waals surface area contributed by atoms with Crippen LogP contribution < -0.4 is 0 Å². The van der Waals surface area contributed by atoms with Gasteiger partial charge in [-0.2, -0.15) is 23.5 Å². The molecule has 0 atom stereocenters. The van der Waals surface area contributed by atoms with Crippen molar-refractivity contribution in [2.75, 3.05) is 40.3 Å². The SMILES string of the molecule is CN(C)Cc1cc(C(=O)N2CCN([C@H]3C[C@@](CC#N)(n4cc(-c5ncnc6[nH]ccc56)cn4)C3)CC2)cc(C(F)(F)F)c1. The maximum absolute atomic E-state index is 13.6. The number of benzene rings is 1. The Kier molecular flexibility index (Phi) is 7.43. The minimum atomic E-state index is -4.53. The van der Waals surface area contributed by atoms with Crippen molar-refractivity contribution in [2.45, 2.75) is 43.6 Å². The third-order valence-electron chi connectivity index (χ3n) is 8.52. The van der Waals surface area contributed by atoms with Crippen molar-refractivity contribution in [1.29, 1.82) is 5.26 Å². The fraction of sp³-hybridized carbons (Fsp3) is 0.433. The molecule has 1 saturated carbocycles. The zero-order valence-electron chi connectivity index (χ0n) is 24.0. The highest BCUT2D eigenvalue weighted by Gasteiger charge is 2.49. The second-order valence-electron chi connectivity index (χ2n) is 11.7. The first-order valence-electron chi connectivity index (χ1n) is 14.2. The summed E-state index contributed by atoms with van der Waals surface area (Å²) in [5.74, 6) is -0.386. The van der Waals surface area contributed by atoms with Gasteiger partial charge in [0.25, 0.3) is 5.91 Å². The highest BCUT2D eigenvalue weighted by Crippen LogP contribution is 2.45. The van der Waals surface area contributed by atoms with Crippen LogP contribution in [0.2, 0.25) is 0 Å². The molecule has 1 saturated heterocycles. The first kappa shape index (κ1) is 28.8. The smallest absolute Gasteiger partial charge is 0.346 e. The van der Waals surface area contributed by atoms with E-state index in [-0.39, 0.29) is 17.5 Å². The molecule has 2 aliphatic rings. The van der Waals surface area contributed by atoms with E-state index < -0.39 is 17.3 Å². The molecule has 2 fully saturated rings. The van der Waals surface area contributed by atoms with Gasteiger partial charge < -0.3 is 14.8 Å². The van der Waals surface area contributed by atoms with E-state index in [2.05, 4.69) is 31.0 Å². The fourth-order valence-corrected chi connectivity index (χ4v) is 6.35. The van der Waals surface area contributed by atoms with Gasteiger partial charge in [0.15, 0.2) is 0 Å². The molecule has 3 aromatic heterocycles. The minimum absolute atomic E-state index is 0.0619. The van der Waals surface area contributed by atoms with E-state index in [1.165, 1.54) is 6.33 Å². The average Bonchev–Trinajstić information content (AvgIpc) is 3.64. The summed E-state index contributed by atoms with van der Waals surface area (Å²) >= 11 is 0. The number of alkyl halides is 3. The van der Waals surface area contributed by atoms with Crippen LogP contribution in [-0.4, -0.2) is 91.7 Å². The molecule has 224 valence electrons. The van der Waals surface area contributed by atoms with Crippen molar-refractivity contribution in [1.82, 2.24) is 39.4 Å². The van der Waals surface area contributed by atoms with Gasteiger partial charge in [0, 0.05) is 67.7 Å². The number of halogens is 3. The monoisotopic (exact) mass is 591 g/mol. The third kappa shape index (κ3) is 5.60. The lowest BCUT2D eigenvalue weighted by Gasteiger charge is -2.52. The van der Waals surface area contributed by atoms with E-state index in [1.54, 1.807) is 36.2 Å². The van der Waals surface area contributed by atoms with Crippen LogP contribution in [0.1, 0.15) is 40.7 Å². The van der Waals surface area contributed by atoms with E-state index in [1.807, 2.05) is 23.1 Å². The highest BCUT2D eigenvalue weighted by molar-refractivity contribution is 5.94. The van der Waals surface area contributed by atoms with Crippen molar-refractivity contribution >= 4 is 16.9 Å². The topological polar surface area (TPSA) is 110 Å². The van der Waals surface area contributed by atoms with Gasteiger partial charge in [-0.15, -0.1) is 0 Å². The third-order valence-corrected chi connectivity index (χ3v) is 8.52. The van der Waals surface area contributed by atoms with Gasteiger partial charge in [-0.25, -0.2) is 9.97 Å². The lowest BCUT2D eigenvalue weighted by Crippen LogP contribution is -2.60. The summed E-state index contributed by atoms with van der Waals surface area (Å²) in [6.07, 6.45) is 4.29. The number of amides is 1. The summed E-state index contributed by atoms with van der Waals surface area (Å²) in [5.41, 5.74) is 1.63. The van der Waals surface area contributed by atoms with E-state index in [9.17, 15) is 23.2 Å². The molecule has 13 heteroatoms. The Morgan fingerprint density at radius 3 is 2.63 bits per heavy atom. The van der Waals surface area contributed by atoms with Gasteiger partial charge in [0.1, 0.15) is 12.0 Å². The second kappa shape index (κ2) is 11.1. The molecule has 0 bridgehead atoms. The number of aromatic nitrogens is 5. The molecule has 6 rings (SSSR count). The number of fused-ring (bicyclic) bond motifs is 1. The summed E-state index contributed by atoms with van der Waals surface area (Å²) in [4.78, 5) is 30.8. The predicted molar refractivity (Wildman–Crippen MR) is 153 cm³/mol. The van der Waals surface area contributed by atoms with E-state index in [4.69, 9.17) is 0 Å². The fourth-order valence-electron chi connectivity index (χ4n) is 6.35. The van der Waals surface area contributed by atoms with E-state index in [0.717, 1.165) is 47.3 Å². The number of hydrogen-bond acceptors (Lipinski definition) is 7. The van der Waals surface area contributed by atoms with Gasteiger partial charge >= 0.3 is 6.18 Å². The Bertz CT molecular complexity index is 1670. The van der Waals surface area contributed by atoms with Crippen molar-refractivity contribution in [3.63, 3.8) is 0 Å². The molecule has 1 aliphatic carbocycles. The molecule has 1 N–H and O–H groups in total. The molecule has 1 aromatic carbocycles. The summed E-state index contributed by atoms with van der Waals surface area (Å²) in [5, 5.41) is 15.2. The van der Waals surface area contributed by atoms with Crippen molar-refractivity contribution < 1.29 is 18.0 Å². The van der Waals surface area contributed by atoms with Crippen LogP contribution in [0.3, 0.4) is 0 Å². The first-order chi connectivity index (χ1) is 20.6. The molecule has 4 heterocycles. The molecule has 0 radical (unpaired) electrons. The standard InChI is InChI=1S/C30H32F3N9O/c1-39(2)17-20-11-21(13-23(12-20)30(31,32)33)28(43)41-9-7-40(8-10-41)24-14-29(15-24,4-5-34)42-18-22(16-38-42)26-25-3-6-35-27(25)37-19-36-26/h3,6,11-13,16,18-19,24H,4,7-10,14-15,17H2,1-2H3,(H,35,36,37)/t24-,29+. The number of nitriles is 1. The molecule has 4 aromatic rings. The maximum Gasteiger partial charge on any atom is 0.416 e. The molecule has 43 heavy (non-hydrogen) atoms. The number of carbonyl (C=O) groups excluding carboxylic acids is 1. The predicted octanol–water partition coefficient (Wildman–Crippen LogP) is 4.13. The molecular formula is C30H32F3N9O. The lowest BCUT2D eigenvalue weighted by atomic mass is 9.70. The van der Waals surface area contributed by atoms with Gasteiger partial charge in [-0.3, -0.25) is 14.4 Å². The molecule has 0 spiro atoms. The van der Waals surface area contributed by atoms with Gasteiger partial charge in [0.2, 0.25) is 0 Å². The maximum atomic E-state index is 13.6. The van der Waals surface area contributed by atoms with Crippen LogP contribution in [-0.2, 0) is 18.3 Å². The number of rotatable bonds is 7. The number of piperazine rings is 1. The molecule has 0 unspecified atom stereocenters. The number of carbonyl (C=O) groups is 1. The van der Waals surface area contributed by atoms with Crippen molar-refractivity contribution in [3.8, 4) is 17.3 Å². The Labute approximate surface area is 246 Å². The number of hydrogen-bond donors (Lipinski definition) is 1. The summed E-state index contributed by atoms with van der Waals surface area (Å²) in [6.45, 7) is 2.37. The Morgan fingerprint density at radius 1 is 1.16 bits per heavy atom. The lowest BCUT2D eigenvalue weighted by molar-refractivity contribution is -0.137. The van der Waals surface area contributed by atoms with E-state index in [0.29, 0.717) is 44.7 Å². The summed E-state index contributed by atoms with van der Waals surface area (Å²) < 4.78 is 42.6. The number of nitrogens with zero attached hydrogens (tertiary/aromatic N) is 8. The molecular weight excluding hydrogens is 559 g/mol. The van der Waals surface area contributed by atoms with Crippen LogP contribution in [0, 0.1) is 11.3 Å². The number of nitrogens with one attached hydrogen (secondary N) is 1. The van der Waals surface area contributed by atoms with Crippen LogP contribution in [0.15, 0.2) is 49.2 Å². The highest BCUT2D eigenvalue weighted by atomic mass is 19.4. The average molecular weight is 592 g/mol. The Hall–Kier alpha value is -4.28. The van der Waals surface area contributed by atoms with Gasteiger partial charge in [0.05, 0.1) is 35.5 Å². The van der Waals surface area contributed by atoms with E-state index >= 15 is 0 Å². The number of H-pyrrole nitrogens is 1. The molecule has 10 nitrogen and oxygen atoms in total. The Morgan fingerprint density at radius 2 is 1.93 bits per heavy atom. The normalized spacial score (nSPS) is 21.2. The van der Waals surface area contributed by atoms with Crippen LogP contribution in [0.25, 0.3) is 22.3 Å². The van der Waals surface area contributed by atoms with Crippen LogP contribution in [0.5, 0.6) is 0 Å². The van der Waals surface area contributed by atoms with Gasteiger partial charge in [-0.05, 0) is 56.8 Å². The number of aromatic amines is 1. The summed E-state index contributed by atoms with van der Waals surface area (Å²) in [6, 6.07) is 8.10. The van der Waals surface area contributed by atoms with Crippen LogP contribution >= 0.6 is 0 Å². The summed E-state index contributed by atoms with van der Waals surface area (Å²) in [7, 11) is 3.55. The zero-order chi connectivity index (χ0) is 30.4. The quantitative estimate of drug-likeness (QED) is 0.344. The largest absolute Gasteiger partial charge is 0.416 e. The van der Waals surface area contributed by atoms with Crippen molar-refractivity contribution in [2.24, 2.45) is 0 Å². The second-order valence-corrected chi connectivity index (χ2v) is 11.7. The Balaban J connectivity index is 1.12. The van der Waals surface area contributed by atoms with Crippen molar-refractivity contribution in [3.05, 3.63) is 65.9 Å². The van der Waals surface area contributed by atoms with Gasteiger partial charge in [-0.1, -0.05) is 0 Å². The molecule has 1 aliphatic heterocycles. The zero-order valence-corrected chi connectivity index (χ0v) is 24.0. The van der Waals surface area contributed by atoms with Crippen LogP contribution in [0.4, 0.5) is 13.2 Å². The molecule has 1 amide bonds. The minimum Gasteiger partial charge on any atom is -0.346 e. The first-order valence-corrected chi connectivity index (χ1v) is 14.2.